The van der Waals surface area contributed by atoms with Gasteiger partial charge >= 0.3 is 6.18 Å². The summed E-state index contributed by atoms with van der Waals surface area (Å²) >= 11 is 0. The molecule has 1 aromatic rings. The van der Waals surface area contributed by atoms with E-state index in [0.29, 0.717) is 12.0 Å². The van der Waals surface area contributed by atoms with Crippen LogP contribution < -0.4 is 5.32 Å². The van der Waals surface area contributed by atoms with Crippen molar-refractivity contribution in [3.05, 3.63) is 35.4 Å². The average molecular weight is 285 g/mol. The quantitative estimate of drug-likeness (QED) is 0.863. The molecule has 1 atom stereocenters. The first kappa shape index (κ1) is 15.4. The number of rotatable bonds is 4. The molecule has 0 heterocycles. The Hall–Kier alpha value is -1.03. The Bertz CT molecular complexity index is 405. The van der Waals surface area contributed by atoms with Gasteiger partial charge in [0.1, 0.15) is 0 Å². The molecule has 0 spiro atoms. The molecule has 2 rings (SSSR count). The van der Waals surface area contributed by atoms with Crippen LogP contribution in [0.4, 0.5) is 13.2 Å². The zero-order chi connectivity index (χ0) is 14.6. The molecule has 20 heavy (non-hydrogen) atoms. The first-order valence-corrected chi connectivity index (χ1v) is 7.34. The second-order valence-electron chi connectivity index (χ2n) is 5.69. The van der Waals surface area contributed by atoms with Crippen LogP contribution in [0.3, 0.4) is 0 Å². The topological polar surface area (TPSA) is 12.0 Å². The summed E-state index contributed by atoms with van der Waals surface area (Å²) in [5.74, 6) is 0.649. The standard InChI is InChI=1S/C16H22F3N/c1-20-15(13-5-3-2-4-6-13)11-12-7-9-14(10-8-12)16(17,18)19/h7-10,13,15,20H,2-6,11H2,1H3. The van der Waals surface area contributed by atoms with Gasteiger partial charge in [0.15, 0.2) is 0 Å². The predicted molar refractivity (Wildman–Crippen MR) is 74.6 cm³/mol. The Kier molecular flexibility index (Phi) is 5.08. The number of hydrogen-bond donors (Lipinski definition) is 1. The van der Waals surface area contributed by atoms with E-state index in [0.717, 1.165) is 12.0 Å². The largest absolute Gasteiger partial charge is 0.416 e. The molecule has 1 aliphatic rings. The summed E-state index contributed by atoms with van der Waals surface area (Å²) in [5.41, 5.74) is 0.405. The van der Waals surface area contributed by atoms with E-state index in [1.165, 1.54) is 44.2 Å². The number of nitrogens with one attached hydrogen (secondary N) is 1. The molecule has 1 unspecified atom stereocenters. The van der Waals surface area contributed by atoms with Gasteiger partial charge in [-0.25, -0.2) is 0 Å². The van der Waals surface area contributed by atoms with Gasteiger partial charge in [0.2, 0.25) is 0 Å². The lowest BCUT2D eigenvalue weighted by atomic mass is 9.81. The molecule has 1 nitrogen and oxygen atoms in total. The first-order valence-electron chi connectivity index (χ1n) is 7.34. The van der Waals surface area contributed by atoms with Gasteiger partial charge in [0.05, 0.1) is 5.56 Å². The minimum absolute atomic E-state index is 0.368. The van der Waals surface area contributed by atoms with E-state index in [-0.39, 0.29) is 0 Å². The molecular weight excluding hydrogens is 263 g/mol. The van der Waals surface area contributed by atoms with E-state index < -0.39 is 11.7 Å². The van der Waals surface area contributed by atoms with Crippen molar-refractivity contribution in [2.45, 2.75) is 50.7 Å². The van der Waals surface area contributed by atoms with Crippen molar-refractivity contribution < 1.29 is 13.2 Å². The predicted octanol–water partition coefficient (Wildman–Crippen LogP) is 4.42. The first-order chi connectivity index (χ1) is 9.50. The van der Waals surface area contributed by atoms with Crippen LogP contribution in [0, 0.1) is 5.92 Å². The highest BCUT2D eigenvalue weighted by Gasteiger charge is 2.30. The lowest BCUT2D eigenvalue weighted by Crippen LogP contribution is -2.36. The molecule has 1 aliphatic carbocycles. The maximum atomic E-state index is 12.5. The summed E-state index contributed by atoms with van der Waals surface area (Å²) in [5, 5.41) is 3.34. The lowest BCUT2D eigenvalue weighted by Gasteiger charge is -2.30. The van der Waals surface area contributed by atoms with Gasteiger partial charge < -0.3 is 5.32 Å². The number of benzene rings is 1. The van der Waals surface area contributed by atoms with Crippen LogP contribution in [0.2, 0.25) is 0 Å². The molecule has 0 aromatic heterocycles. The fourth-order valence-corrected chi connectivity index (χ4v) is 3.12. The van der Waals surface area contributed by atoms with Crippen molar-refractivity contribution in [3.63, 3.8) is 0 Å². The second kappa shape index (κ2) is 6.61. The smallest absolute Gasteiger partial charge is 0.316 e. The van der Waals surface area contributed by atoms with E-state index in [1.807, 2.05) is 7.05 Å². The van der Waals surface area contributed by atoms with E-state index in [1.54, 1.807) is 12.1 Å². The van der Waals surface area contributed by atoms with Crippen LogP contribution in [0.1, 0.15) is 43.2 Å². The highest BCUT2D eigenvalue weighted by molar-refractivity contribution is 5.25. The lowest BCUT2D eigenvalue weighted by molar-refractivity contribution is -0.137. The van der Waals surface area contributed by atoms with Gasteiger partial charge in [-0.15, -0.1) is 0 Å². The van der Waals surface area contributed by atoms with Crippen molar-refractivity contribution in [1.82, 2.24) is 5.32 Å². The zero-order valence-corrected chi connectivity index (χ0v) is 11.8. The van der Waals surface area contributed by atoms with Crippen LogP contribution in [-0.2, 0) is 12.6 Å². The molecule has 0 radical (unpaired) electrons. The van der Waals surface area contributed by atoms with Crippen molar-refractivity contribution in [2.24, 2.45) is 5.92 Å². The third kappa shape index (κ3) is 3.98. The summed E-state index contributed by atoms with van der Waals surface area (Å²) < 4.78 is 37.6. The summed E-state index contributed by atoms with van der Waals surface area (Å²) in [7, 11) is 1.95. The normalized spacial score (nSPS) is 19.0. The monoisotopic (exact) mass is 285 g/mol. The fourth-order valence-electron chi connectivity index (χ4n) is 3.12. The Morgan fingerprint density at radius 3 is 2.20 bits per heavy atom. The summed E-state index contributed by atoms with van der Waals surface area (Å²) in [4.78, 5) is 0. The molecular formula is C16H22F3N. The Morgan fingerprint density at radius 1 is 1.10 bits per heavy atom. The Balaban J connectivity index is 2.00. The van der Waals surface area contributed by atoms with Gasteiger partial charge in [-0.05, 0) is 49.9 Å². The zero-order valence-electron chi connectivity index (χ0n) is 11.8. The highest BCUT2D eigenvalue weighted by atomic mass is 19.4. The Morgan fingerprint density at radius 2 is 1.70 bits per heavy atom. The number of likely N-dealkylation sites (N-methyl/N-ethyl adjacent to an activating group) is 1. The minimum Gasteiger partial charge on any atom is -0.316 e. The van der Waals surface area contributed by atoms with Crippen LogP contribution >= 0.6 is 0 Å². The van der Waals surface area contributed by atoms with Gasteiger partial charge in [-0.1, -0.05) is 31.4 Å². The molecule has 1 fully saturated rings. The molecule has 1 aromatic carbocycles. The van der Waals surface area contributed by atoms with Crippen LogP contribution in [0.25, 0.3) is 0 Å². The number of alkyl halides is 3. The summed E-state index contributed by atoms with van der Waals surface area (Å²) in [6, 6.07) is 5.95. The SMILES string of the molecule is CNC(Cc1ccc(C(F)(F)F)cc1)C1CCCCC1. The molecule has 0 saturated heterocycles. The van der Waals surface area contributed by atoms with Crippen molar-refractivity contribution in [2.75, 3.05) is 7.05 Å². The molecule has 0 aliphatic heterocycles. The van der Waals surface area contributed by atoms with E-state index in [9.17, 15) is 13.2 Å². The molecule has 112 valence electrons. The average Bonchev–Trinajstić information content (AvgIpc) is 2.45. The number of hydrogen-bond acceptors (Lipinski definition) is 1. The van der Waals surface area contributed by atoms with Crippen LogP contribution in [0.15, 0.2) is 24.3 Å². The number of halogens is 3. The molecule has 1 saturated carbocycles. The maximum absolute atomic E-state index is 12.5. The highest BCUT2D eigenvalue weighted by Crippen LogP contribution is 2.30. The molecule has 0 amide bonds. The molecule has 0 bridgehead atoms. The maximum Gasteiger partial charge on any atom is 0.416 e. The fraction of sp³-hybridized carbons (Fsp3) is 0.625. The van der Waals surface area contributed by atoms with E-state index >= 15 is 0 Å². The van der Waals surface area contributed by atoms with Gasteiger partial charge in [0, 0.05) is 6.04 Å². The van der Waals surface area contributed by atoms with Crippen molar-refractivity contribution >= 4 is 0 Å². The Labute approximate surface area is 118 Å². The van der Waals surface area contributed by atoms with Crippen LogP contribution in [-0.4, -0.2) is 13.1 Å². The minimum atomic E-state index is -4.25. The third-order valence-electron chi connectivity index (χ3n) is 4.33. The molecule has 1 N–H and O–H groups in total. The summed E-state index contributed by atoms with van der Waals surface area (Å²) in [6.45, 7) is 0. The van der Waals surface area contributed by atoms with Gasteiger partial charge in [-0.2, -0.15) is 13.2 Å². The van der Waals surface area contributed by atoms with E-state index in [4.69, 9.17) is 0 Å². The van der Waals surface area contributed by atoms with E-state index in [2.05, 4.69) is 5.32 Å². The molecule has 4 heteroatoms. The second-order valence-corrected chi connectivity index (χ2v) is 5.69. The van der Waals surface area contributed by atoms with Crippen LogP contribution in [0.5, 0.6) is 0 Å². The third-order valence-corrected chi connectivity index (χ3v) is 4.33. The van der Waals surface area contributed by atoms with Crippen molar-refractivity contribution in [1.29, 1.82) is 0 Å². The van der Waals surface area contributed by atoms with Gasteiger partial charge in [0.25, 0.3) is 0 Å². The van der Waals surface area contributed by atoms with Gasteiger partial charge in [-0.3, -0.25) is 0 Å². The van der Waals surface area contributed by atoms with Crippen molar-refractivity contribution in [3.8, 4) is 0 Å². The summed E-state index contributed by atoms with van der Waals surface area (Å²) in [6.07, 6.45) is 2.88.